The third kappa shape index (κ3) is 53.5. The van der Waals surface area contributed by atoms with Crippen LogP contribution in [0, 0.1) is 0 Å². The average molecular weight is 153 g/mol. The molecule has 4 heteroatoms. The number of carbonyl (C=O) groups is 1. The van der Waals surface area contributed by atoms with E-state index in [0.717, 1.165) is 0 Å². The molecule has 0 N–H and O–H groups in total. The predicted octanol–water partition coefficient (Wildman–Crippen LogP) is 0.963. The minimum absolute atomic E-state index is 0. The maximum Gasteiger partial charge on any atom is 0.239 e. The summed E-state index contributed by atoms with van der Waals surface area (Å²) < 4.78 is -0.444. The Bertz CT molecular complexity index is 32.6. The molecule has 0 aromatic heterocycles. The van der Waals surface area contributed by atoms with Crippen LogP contribution in [-0.4, -0.2) is 4.45 Å². The van der Waals surface area contributed by atoms with Crippen molar-refractivity contribution < 1.29 is 21.3 Å². The van der Waals surface area contributed by atoms with E-state index in [1.54, 1.807) is 0 Å². The van der Waals surface area contributed by atoms with Gasteiger partial charge in [-0.2, -0.15) is 0 Å². The molecule has 0 saturated heterocycles. The quantitative estimate of drug-likeness (QED) is 0.391. The van der Waals surface area contributed by atoms with E-state index in [4.69, 9.17) is 0 Å². The minimum Gasteiger partial charge on any atom is -0.275 e. The van der Waals surface area contributed by atoms with Crippen LogP contribution in [0.15, 0.2) is 0 Å². The molecule has 0 amide bonds. The third-order valence-corrected chi connectivity index (χ3v) is 0. The van der Waals surface area contributed by atoms with Crippen molar-refractivity contribution in [2.45, 2.75) is 0 Å². The molecule has 0 radical (unpaired) electrons. The van der Waals surface area contributed by atoms with Gasteiger partial charge in [-0.05, 0) is 0 Å². The Hall–Kier alpha value is 0.864. The van der Waals surface area contributed by atoms with Crippen molar-refractivity contribution in [2.24, 2.45) is 0 Å². The van der Waals surface area contributed by atoms with E-state index in [0.29, 0.717) is 0 Å². The number of rotatable bonds is 0. The molecule has 0 aliphatic carbocycles. The van der Waals surface area contributed by atoms with Crippen LogP contribution in [0.4, 0.5) is 4.79 Å². The molecule has 0 bridgehead atoms. The van der Waals surface area contributed by atoms with Crippen molar-refractivity contribution in [2.75, 3.05) is 0 Å². The molecule has 0 unspecified atom stereocenters. The van der Waals surface area contributed by atoms with Gasteiger partial charge in [0.2, 0.25) is 4.45 Å². The van der Waals surface area contributed by atoms with E-state index in [-0.39, 0.29) is 16.5 Å². The summed E-state index contributed by atoms with van der Waals surface area (Å²) in [5.41, 5.74) is 0. The van der Waals surface area contributed by atoms with Gasteiger partial charge in [-0.25, -0.2) is 0 Å². The second-order valence-corrected chi connectivity index (χ2v) is 1.45. The number of carbonyl (C=O) groups excluding carboxylic acids is 1. The van der Waals surface area contributed by atoms with Gasteiger partial charge in [-0.1, -0.05) is 25.3 Å². The zero-order valence-electron chi connectivity index (χ0n) is 2.12. The van der Waals surface area contributed by atoms with Crippen molar-refractivity contribution in [3.05, 3.63) is 0 Å². The fourth-order valence-corrected chi connectivity index (χ4v) is 0. The standard InChI is InChI=1S/CH2OS2.Ni/c2-1(3)4;/h(H2,2,3,4);. The maximum atomic E-state index is 9.17. The summed E-state index contributed by atoms with van der Waals surface area (Å²) in [4.78, 5) is 9.17. The van der Waals surface area contributed by atoms with Gasteiger partial charge in [-0.15, -0.1) is 0 Å². The van der Waals surface area contributed by atoms with Crippen LogP contribution < -0.4 is 0 Å². The van der Waals surface area contributed by atoms with Crippen LogP contribution in [0.2, 0.25) is 0 Å². The summed E-state index contributed by atoms with van der Waals surface area (Å²) in [6.45, 7) is 0. The van der Waals surface area contributed by atoms with Crippen molar-refractivity contribution in [1.82, 2.24) is 0 Å². The van der Waals surface area contributed by atoms with Crippen molar-refractivity contribution in [3.63, 3.8) is 0 Å². The van der Waals surface area contributed by atoms with E-state index in [1.165, 1.54) is 0 Å². The summed E-state index contributed by atoms with van der Waals surface area (Å²) in [5, 5.41) is 0. The largest absolute Gasteiger partial charge is 0.275 e. The monoisotopic (exact) mass is 152 g/mol. The normalized spacial score (nSPS) is 5.20. The Morgan fingerprint density at radius 3 is 1.40 bits per heavy atom. The topological polar surface area (TPSA) is 17.1 Å². The molecule has 34 valence electrons. The molecule has 0 spiro atoms. The molecule has 0 aromatic carbocycles. The predicted molar refractivity (Wildman–Crippen MR) is 23.4 cm³/mol. The summed E-state index contributed by atoms with van der Waals surface area (Å²) in [5.74, 6) is 0. The van der Waals surface area contributed by atoms with Gasteiger partial charge in [0, 0.05) is 16.5 Å². The fourth-order valence-electron chi connectivity index (χ4n) is 0. The van der Waals surface area contributed by atoms with E-state index in [9.17, 15) is 4.79 Å². The summed E-state index contributed by atoms with van der Waals surface area (Å²) in [6, 6.07) is 0. The van der Waals surface area contributed by atoms with E-state index in [1.807, 2.05) is 0 Å². The maximum absolute atomic E-state index is 9.17. The number of hydrogen-bond acceptors (Lipinski definition) is 1. The van der Waals surface area contributed by atoms with Crippen LogP contribution >= 0.6 is 25.3 Å². The van der Waals surface area contributed by atoms with Crippen LogP contribution in [-0.2, 0) is 16.5 Å². The van der Waals surface area contributed by atoms with Crippen LogP contribution in [0.3, 0.4) is 0 Å². The zero-order chi connectivity index (χ0) is 3.58. The fraction of sp³-hybridized carbons (Fsp3) is 0. The zero-order valence-corrected chi connectivity index (χ0v) is 4.90. The molecule has 0 rings (SSSR count). The molecule has 1 nitrogen and oxygen atoms in total. The summed E-state index contributed by atoms with van der Waals surface area (Å²) >= 11 is 6.38. The van der Waals surface area contributed by atoms with Gasteiger partial charge in [-0.3, -0.25) is 4.79 Å². The first-order valence-electron chi connectivity index (χ1n) is 0.651. The number of hydrogen-bond donors (Lipinski definition) is 2. The Morgan fingerprint density at radius 2 is 1.40 bits per heavy atom. The molecule has 0 saturated carbocycles. The molecular formula is CH2NiOS2. The van der Waals surface area contributed by atoms with Crippen molar-refractivity contribution >= 4 is 29.7 Å². The number of thiol groups is 2. The van der Waals surface area contributed by atoms with Gasteiger partial charge in [0.25, 0.3) is 0 Å². The Balaban J connectivity index is 0. The molecule has 0 aromatic rings. The summed E-state index contributed by atoms with van der Waals surface area (Å²) in [7, 11) is 0. The second-order valence-electron chi connectivity index (χ2n) is 0.283. The van der Waals surface area contributed by atoms with Gasteiger partial charge >= 0.3 is 0 Å². The molecule has 0 heterocycles. The Morgan fingerprint density at radius 1 is 1.40 bits per heavy atom. The molecule has 0 aliphatic heterocycles. The van der Waals surface area contributed by atoms with Gasteiger partial charge in [0.15, 0.2) is 0 Å². The summed E-state index contributed by atoms with van der Waals surface area (Å²) in [6.07, 6.45) is 0. The second kappa shape index (κ2) is 4.86. The van der Waals surface area contributed by atoms with Crippen LogP contribution in [0.25, 0.3) is 0 Å². The Kier molecular flexibility index (Phi) is 9.04. The van der Waals surface area contributed by atoms with Gasteiger partial charge < -0.3 is 0 Å². The van der Waals surface area contributed by atoms with E-state index in [2.05, 4.69) is 25.3 Å². The third-order valence-electron chi connectivity index (χ3n) is 0. The molecular weight excluding hydrogens is 151 g/mol. The molecule has 0 atom stereocenters. The van der Waals surface area contributed by atoms with Gasteiger partial charge in [0.1, 0.15) is 0 Å². The van der Waals surface area contributed by atoms with Crippen molar-refractivity contribution in [1.29, 1.82) is 0 Å². The van der Waals surface area contributed by atoms with Crippen molar-refractivity contribution in [3.8, 4) is 0 Å². The molecule has 5 heavy (non-hydrogen) atoms. The van der Waals surface area contributed by atoms with Gasteiger partial charge in [0.05, 0.1) is 0 Å². The minimum atomic E-state index is -0.444. The smallest absolute Gasteiger partial charge is 0.239 e. The molecule has 0 aliphatic rings. The molecule has 0 fully saturated rings. The first-order valence-corrected chi connectivity index (χ1v) is 1.55. The first kappa shape index (κ1) is 9.29. The van der Waals surface area contributed by atoms with Crippen LogP contribution in [0.5, 0.6) is 0 Å². The van der Waals surface area contributed by atoms with E-state index < -0.39 is 4.45 Å². The van der Waals surface area contributed by atoms with E-state index >= 15 is 0 Å². The SMILES string of the molecule is O=C(S)S.[Ni]. The van der Waals surface area contributed by atoms with Crippen LogP contribution in [0.1, 0.15) is 0 Å². The first-order chi connectivity index (χ1) is 1.73. The average Bonchev–Trinajstić information content (AvgIpc) is 0.811. The Labute approximate surface area is 51.3 Å².